The van der Waals surface area contributed by atoms with Crippen LogP contribution in [0.25, 0.3) is 64.6 Å². The highest BCUT2D eigenvalue weighted by Crippen LogP contribution is 2.61. The first-order chi connectivity index (χ1) is 19.1. The van der Waals surface area contributed by atoms with Gasteiger partial charge in [-0.3, -0.25) is 0 Å². The van der Waals surface area contributed by atoms with E-state index in [1.165, 1.54) is 105 Å². The fourth-order valence-corrected chi connectivity index (χ4v) is 11.0. The van der Waals surface area contributed by atoms with E-state index >= 15 is 0 Å². The van der Waals surface area contributed by atoms with E-state index in [2.05, 4.69) is 96.9 Å². The summed E-state index contributed by atoms with van der Waals surface area (Å²) < 4.78 is 0. The van der Waals surface area contributed by atoms with Crippen LogP contribution in [0.1, 0.15) is 101 Å². The molecular weight excluding hydrogens is 492 g/mol. The quantitative estimate of drug-likeness (QED) is 0.134. The molecule has 0 heteroatoms. The standard InChI is InChI=1S/C41H44/c1-16-18(3)27-20(5)22(7)29-24(9)38-37-36-34(29)32(27)31-26(16)17(2)19(4)28-21(6)23(8)30(35(36)33(28)31)25(10)39(37)41(13,14)15-40(38,11)12/h15H2,1-14H3. The molecule has 0 saturated carbocycles. The maximum Gasteiger partial charge on any atom is -0.000729 e. The van der Waals surface area contributed by atoms with Gasteiger partial charge in [-0.2, -0.15) is 0 Å². The van der Waals surface area contributed by atoms with Gasteiger partial charge in [0.25, 0.3) is 0 Å². The molecule has 0 heterocycles. The van der Waals surface area contributed by atoms with Gasteiger partial charge in [0.05, 0.1) is 0 Å². The average Bonchev–Trinajstić information content (AvgIpc) is 2.86. The van der Waals surface area contributed by atoms with Crippen LogP contribution in [0, 0.1) is 69.2 Å². The Morgan fingerprint density at radius 3 is 0.707 bits per heavy atom. The first-order valence-electron chi connectivity index (χ1n) is 15.7. The van der Waals surface area contributed by atoms with E-state index in [4.69, 9.17) is 0 Å². The SMILES string of the molecule is Cc1c(C)c2c(C)c(C)c3c(C)c4c5c(c(C)c6c(C)c(C)c7c(C)c(C)c1c1c2c3c5c6c71)C(C)(C)CC4(C)C. The lowest BCUT2D eigenvalue weighted by molar-refractivity contribution is 0.339. The van der Waals surface area contributed by atoms with Crippen LogP contribution < -0.4 is 0 Å². The largest absolute Gasteiger partial charge is 0.0557 e. The first-order valence-corrected chi connectivity index (χ1v) is 15.7. The highest BCUT2D eigenvalue weighted by molar-refractivity contribution is 6.47. The molecule has 0 N–H and O–H groups in total. The maximum absolute atomic E-state index is 2.52. The molecule has 208 valence electrons. The van der Waals surface area contributed by atoms with Crippen molar-refractivity contribution in [3.8, 4) is 0 Å². The van der Waals surface area contributed by atoms with E-state index in [0.29, 0.717) is 0 Å². The van der Waals surface area contributed by atoms with E-state index in [-0.39, 0.29) is 10.8 Å². The Morgan fingerprint density at radius 2 is 0.463 bits per heavy atom. The van der Waals surface area contributed by atoms with Crippen molar-refractivity contribution in [1.29, 1.82) is 0 Å². The fourth-order valence-electron chi connectivity index (χ4n) is 11.0. The van der Waals surface area contributed by atoms with E-state index in [1.807, 2.05) is 0 Å². The van der Waals surface area contributed by atoms with Gasteiger partial charge in [-0.15, -0.1) is 0 Å². The summed E-state index contributed by atoms with van der Waals surface area (Å²) >= 11 is 0. The van der Waals surface area contributed by atoms with Crippen LogP contribution in [0.5, 0.6) is 0 Å². The third-order valence-electron chi connectivity index (χ3n) is 12.5. The molecule has 0 unspecified atom stereocenters. The zero-order chi connectivity index (χ0) is 29.6. The number of hydrogen-bond donors (Lipinski definition) is 0. The molecule has 0 bridgehead atoms. The number of rotatable bonds is 0. The predicted octanol–water partition coefficient (Wildman–Crippen LogP) is 12.0. The fraction of sp³-hybridized carbons (Fsp3) is 0.415. The van der Waals surface area contributed by atoms with Crippen molar-refractivity contribution in [2.45, 2.75) is 114 Å². The zero-order valence-electron chi connectivity index (χ0n) is 27.7. The third-order valence-corrected chi connectivity index (χ3v) is 12.5. The Kier molecular flexibility index (Phi) is 4.42. The number of aryl methyl sites for hydroxylation is 10. The summed E-state index contributed by atoms with van der Waals surface area (Å²) in [7, 11) is 0. The van der Waals surface area contributed by atoms with Crippen molar-refractivity contribution >= 4 is 64.6 Å². The molecule has 0 aliphatic heterocycles. The van der Waals surface area contributed by atoms with Crippen LogP contribution in [0.4, 0.5) is 0 Å². The van der Waals surface area contributed by atoms with E-state index in [0.717, 1.165) is 0 Å². The number of benzene rings is 7. The van der Waals surface area contributed by atoms with Crippen molar-refractivity contribution in [2.24, 2.45) is 0 Å². The summed E-state index contributed by atoms with van der Waals surface area (Å²) in [5, 5.41) is 18.4. The van der Waals surface area contributed by atoms with Crippen LogP contribution in [0.3, 0.4) is 0 Å². The summed E-state index contributed by atoms with van der Waals surface area (Å²) in [4.78, 5) is 0. The van der Waals surface area contributed by atoms with Crippen LogP contribution >= 0.6 is 0 Å². The number of hydrogen-bond acceptors (Lipinski definition) is 0. The Bertz CT molecular complexity index is 2190. The second kappa shape index (κ2) is 7.08. The Labute approximate surface area is 245 Å². The van der Waals surface area contributed by atoms with E-state index in [1.54, 1.807) is 32.7 Å². The van der Waals surface area contributed by atoms with Gasteiger partial charge < -0.3 is 0 Å². The topological polar surface area (TPSA) is 0 Å². The molecule has 1 aliphatic rings. The highest BCUT2D eigenvalue weighted by Gasteiger charge is 2.43. The van der Waals surface area contributed by atoms with E-state index < -0.39 is 0 Å². The second-order valence-electron chi connectivity index (χ2n) is 15.4. The molecule has 8 rings (SSSR count). The maximum atomic E-state index is 2.52. The van der Waals surface area contributed by atoms with Gasteiger partial charge in [-0.05, 0) is 218 Å². The summed E-state index contributed by atoms with van der Waals surface area (Å²) in [6.45, 7) is 34.1. The summed E-state index contributed by atoms with van der Waals surface area (Å²) in [6, 6.07) is 0. The minimum absolute atomic E-state index is 0.102. The Hall–Kier alpha value is -3.12. The van der Waals surface area contributed by atoms with Gasteiger partial charge in [-0.1, -0.05) is 27.7 Å². The normalized spacial score (nSPS) is 16.8. The lowest BCUT2D eigenvalue weighted by atomic mass is 9.58. The van der Waals surface area contributed by atoms with Crippen molar-refractivity contribution < 1.29 is 0 Å². The Balaban J connectivity index is 1.97. The molecule has 0 amide bonds. The van der Waals surface area contributed by atoms with E-state index in [9.17, 15) is 0 Å². The smallest absolute Gasteiger partial charge is 0.000729 e. The zero-order valence-corrected chi connectivity index (χ0v) is 27.7. The van der Waals surface area contributed by atoms with Crippen LogP contribution in [-0.2, 0) is 10.8 Å². The summed E-state index contributed by atoms with van der Waals surface area (Å²) in [5.41, 5.74) is 18.2. The second-order valence-corrected chi connectivity index (χ2v) is 15.4. The molecule has 1 aliphatic carbocycles. The molecule has 0 spiro atoms. The lowest BCUT2D eigenvalue weighted by Gasteiger charge is -2.46. The van der Waals surface area contributed by atoms with Gasteiger partial charge in [0.2, 0.25) is 0 Å². The van der Waals surface area contributed by atoms with Gasteiger partial charge in [0.15, 0.2) is 0 Å². The molecule has 7 aromatic carbocycles. The highest BCUT2D eigenvalue weighted by atomic mass is 14.5. The summed E-state index contributed by atoms with van der Waals surface area (Å²) in [6.07, 6.45) is 1.17. The van der Waals surface area contributed by atoms with Crippen LogP contribution in [0.15, 0.2) is 0 Å². The van der Waals surface area contributed by atoms with Crippen molar-refractivity contribution in [3.05, 3.63) is 66.8 Å². The minimum atomic E-state index is 0.102. The van der Waals surface area contributed by atoms with Crippen molar-refractivity contribution in [3.63, 3.8) is 0 Å². The molecule has 7 aromatic rings. The van der Waals surface area contributed by atoms with Crippen LogP contribution in [0.2, 0.25) is 0 Å². The van der Waals surface area contributed by atoms with Crippen LogP contribution in [-0.4, -0.2) is 0 Å². The molecule has 0 atom stereocenters. The molecule has 0 radical (unpaired) electrons. The van der Waals surface area contributed by atoms with Gasteiger partial charge in [0, 0.05) is 0 Å². The lowest BCUT2D eigenvalue weighted by Crippen LogP contribution is -2.36. The van der Waals surface area contributed by atoms with Crippen molar-refractivity contribution in [2.75, 3.05) is 0 Å². The predicted molar refractivity (Wildman–Crippen MR) is 183 cm³/mol. The monoisotopic (exact) mass is 536 g/mol. The van der Waals surface area contributed by atoms with Crippen molar-refractivity contribution in [1.82, 2.24) is 0 Å². The average molecular weight is 537 g/mol. The molecule has 0 fully saturated rings. The van der Waals surface area contributed by atoms with Gasteiger partial charge >= 0.3 is 0 Å². The first kappa shape index (κ1) is 25.6. The van der Waals surface area contributed by atoms with Gasteiger partial charge in [0.1, 0.15) is 0 Å². The Morgan fingerprint density at radius 1 is 0.268 bits per heavy atom. The minimum Gasteiger partial charge on any atom is -0.0557 e. The molecular formula is C41H44. The molecule has 41 heavy (non-hydrogen) atoms. The van der Waals surface area contributed by atoms with Gasteiger partial charge in [-0.25, -0.2) is 0 Å². The molecule has 0 saturated heterocycles. The summed E-state index contributed by atoms with van der Waals surface area (Å²) in [5.74, 6) is 0. The molecule has 0 aromatic heterocycles. The third kappa shape index (κ3) is 2.47. The molecule has 0 nitrogen and oxygen atoms in total.